The van der Waals surface area contributed by atoms with Crippen LogP contribution in [0.25, 0.3) is 0 Å². The molecule has 0 saturated carbocycles. The van der Waals surface area contributed by atoms with Crippen molar-refractivity contribution in [2.24, 2.45) is 0 Å². The highest BCUT2D eigenvalue weighted by molar-refractivity contribution is 7.16. The van der Waals surface area contributed by atoms with E-state index in [9.17, 15) is 9.59 Å². The molecular formula is C14H15NO4S. The van der Waals surface area contributed by atoms with Crippen molar-refractivity contribution in [1.29, 1.82) is 0 Å². The Bertz CT molecular complexity index is 601. The third-order valence-electron chi connectivity index (χ3n) is 2.64. The van der Waals surface area contributed by atoms with E-state index in [2.05, 4.69) is 5.32 Å². The first-order valence-corrected chi connectivity index (χ1v) is 7.10. The number of furan rings is 1. The molecule has 0 saturated heterocycles. The number of rotatable bonds is 5. The fraction of sp³-hybridized carbons (Fsp3) is 0.286. The molecule has 0 radical (unpaired) electrons. The molecule has 0 fully saturated rings. The molecule has 5 nitrogen and oxygen atoms in total. The molecule has 2 aromatic heterocycles. The Hall–Kier alpha value is -2.08. The number of thiophene rings is 1. The van der Waals surface area contributed by atoms with Crippen molar-refractivity contribution in [1.82, 2.24) is 0 Å². The Morgan fingerprint density at radius 3 is 2.80 bits per heavy atom. The zero-order valence-electron chi connectivity index (χ0n) is 11.3. The smallest absolute Gasteiger partial charge is 0.341 e. The average molecular weight is 293 g/mol. The zero-order valence-corrected chi connectivity index (χ0v) is 12.1. The van der Waals surface area contributed by atoms with Crippen LogP contribution in [0.4, 0.5) is 5.00 Å². The van der Waals surface area contributed by atoms with Gasteiger partial charge in [-0.2, -0.15) is 0 Å². The van der Waals surface area contributed by atoms with E-state index in [-0.39, 0.29) is 5.91 Å². The fourth-order valence-corrected chi connectivity index (χ4v) is 2.62. The summed E-state index contributed by atoms with van der Waals surface area (Å²) in [7, 11) is 0. The van der Waals surface area contributed by atoms with Gasteiger partial charge >= 0.3 is 5.97 Å². The van der Waals surface area contributed by atoms with Gasteiger partial charge in [0.15, 0.2) is 0 Å². The average Bonchev–Trinajstić information content (AvgIpc) is 3.08. The monoisotopic (exact) mass is 293 g/mol. The summed E-state index contributed by atoms with van der Waals surface area (Å²) in [6, 6.07) is 3.32. The maximum absolute atomic E-state index is 12.0. The number of ether oxygens (including phenoxy) is 1. The SMILES string of the molecule is CCOC(=O)c1cc(CC)sc1NC(=O)c1ccoc1. The first-order valence-electron chi connectivity index (χ1n) is 6.29. The standard InChI is InChI=1S/C14H15NO4S/c1-3-10-7-11(14(17)19-4-2)13(20-10)15-12(16)9-5-6-18-8-9/h5-8H,3-4H2,1-2H3,(H,15,16). The molecule has 20 heavy (non-hydrogen) atoms. The van der Waals surface area contributed by atoms with Gasteiger partial charge < -0.3 is 14.5 Å². The quantitative estimate of drug-likeness (QED) is 0.858. The summed E-state index contributed by atoms with van der Waals surface area (Å²) in [6.07, 6.45) is 3.57. The van der Waals surface area contributed by atoms with Gasteiger partial charge in [0.05, 0.1) is 24.0 Å². The van der Waals surface area contributed by atoms with Crippen molar-refractivity contribution < 1.29 is 18.7 Å². The molecular weight excluding hydrogens is 278 g/mol. The molecule has 0 aromatic carbocycles. The van der Waals surface area contributed by atoms with E-state index < -0.39 is 5.97 Å². The van der Waals surface area contributed by atoms with Crippen LogP contribution < -0.4 is 5.32 Å². The number of hydrogen-bond donors (Lipinski definition) is 1. The summed E-state index contributed by atoms with van der Waals surface area (Å²) < 4.78 is 9.86. The van der Waals surface area contributed by atoms with Crippen LogP contribution in [0.1, 0.15) is 39.4 Å². The number of anilines is 1. The van der Waals surface area contributed by atoms with E-state index in [4.69, 9.17) is 9.15 Å². The molecule has 0 aliphatic carbocycles. The Morgan fingerprint density at radius 1 is 1.40 bits per heavy atom. The van der Waals surface area contributed by atoms with Crippen LogP contribution in [0.3, 0.4) is 0 Å². The Kier molecular flexibility index (Phi) is 4.57. The fourth-order valence-electron chi connectivity index (χ4n) is 1.64. The summed E-state index contributed by atoms with van der Waals surface area (Å²) in [5.41, 5.74) is 0.803. The normalized spacial score (nSPS) is 10.3. The van der Waals surface area contributed by atoms with Crippen LogP contribution in [0.15, 0.2) is 29.1 Å². The lowest BCUT2D eigenvalue weighted by atomic mass is 10.2. The van der Waals surface area contributed by atoms with Crippen molar-refractivity contribution in [3.05, 3.63) is 40.7 Å². The van der Waals surface area contributed by atoms with Gasteiger partial charge in [-0.15, -0.1) is 11.3 Å². The largest absolute Gasteiger partial charge is 0.472 e. The van der Waals surface area contributed by atoms with Crippen molar-refractivity contribution in [2.75, 3.05) is 11.9 Å². The lowest BCUT2D eigenvalue weighted by Gasteiger charge is -2.04. The summed E-state index contributed by atoms with van der Waals surface area (Å²) in [6.45, 7) is 4.03. The van der Waals surface area contributed by atoms with Crippen molar-refractivity contribution >= 4 is 28.2 Å². The van der Waals surface area contributed by atoms with Crippen LogP contribution in [0, 0.1) is 0 Å². The molecule has 1 amide bonds. The lowest BCUT2D eigenvalue weighted by Crippen LogP contribution is -2.13. The highest BCUT2D eigenvalue weighted by Gasteiger charge is 2.19. The minimum Gasteiger partial charge on any atom is -0.472 e. The molecule has 2 heterocycles. The number of hydrogen-bond acceptors (Lipinski definition) is 5. The number of aryl methyl sites for hydroxylation is 1. The number of carbonyl (C=O) groups excluding carboxylic acids is 2. The van der Waals surface area contributed by atoms with E-state index in [1.54, 1.807) is 19.1 Å². The van der Waals surface area contributed by atoms with Gasteiger partial charge in [0, 0.05) is 4.88 Å². The van der Waals surface area contributed by atoms with Crippen molar-refractivity contribution in [3.63, 3.8) is 0 Å². The topological polar surface area (TPSA) is 68.5 Å². The molecule has 0 unspecified atom stereocenters. The van der Waals surface area contributed by atoms with Crippen LogP contribution in [0.5, 0.6) is 0 Å². The van der Waals surface area contributed by atoms with Crippen molar-refractivity contribution in [2.45, 2.75) is 20.3 Å². The molecule has 6 heteroatoms. The summed E-state index contributed by atoms with van der Waals surface area (Å²) in [5.74, 6) is -0.736. The zero-order chi connectivity index (χ0) is 14.5. The van der Waals surface area contributed by atoms with Gasteiger partial charge in [0.25, 0.3) is 5.91 Å². The van der Waals surface area contributed by atoms with Crippen LogP contribution >= 0.6 is 11.3 Å². The number of nitrogens with one attached hydrogen (secondary N) is 1. The Labute approximate surface area is 120 Å². The van der Waals surface area contributed by atoms with E-state index in [0.717, 1.165) is 11.3 Å². The molecule has 2 rings (SSSR count). The molecule has 106 valence electrons. The first kappa shape index (κ1) is 14.3. The van der Waals surface area contributed by atoms with E-state index in [0.29, 0.717) is 22.7 Å². The van der Waals surface area contributed by atoms with Gasteiger partial charge in [0.1, 0.15) is 11.3 Å². The molecule has 2 aromatic rings. The molecule has 0 aliphatic rings. The van der Waals surface area contributed by atoms with Crippen LogP contribution in [-0.4, -0.2) is 18.5 Å². The van der Waals surface area contributed by atoms with E-state index >= 15 is 0 Å². The second-order valence-electron chi connectivity index (χ2n) is 4.00. The predicted octanol–water partition coefficient (Wildman–Crippen LogP) is 3.33. The lowest BCUT2D eigenvalue weighted by molar-refractivity contribution is 0.0528. The molecule has 0 bridgehead atoms. The second kappa shape index (κ2) is 6.38. The Balaban J connectivity index is 2.23. The van der Waals surface area contributed by atoms with Gasteiger partial charge in [-0.1, -0.05) is 6.92 Å². The van der Waals surface area contributed by atoms with Crippen molar-refractivity contribution in [3.8, 4) is 0 Å². The van der Waals surface area contributed by atoms with Gasteiger partial charge in [-0.05, 0) is 25.5 Å². The highest BCUT2D eigenvalue weighted by Crippen LogP contribution is 2.29. The summed E-state index contributed by atoms with van der Waals surface area (Å²) in [4.78, 5) is 24.9. The number of carbonyl (C=O) groups is 2. The number of esters is 1. The first-order chi connectivity index (χ1) is 9.65. The minimum absolute atomic E-state index is 0.297. The minimum atomic E-state index is -0.425. The van der Waals surface area contributed by atoms with Gasteiger partial charge in [0.2, 0.25) is 0 Å². The predicted molar refractivity (Wildman–Crippen MR) is 76.3 cm³/mol. The van der Waals surface area contributed by atoms with Gasteiger partial charge in [-0.3, -0.25) is 4.79 Å². The summed E-state index contributed by atoms with van der Waals surface area (Å²) in [5, 5.41) is 3.23. The maximum Gasteiger partial charge on any atom is 0.341 e. The molecule has 0 aliphatic heterocycles. The van der Waals surface area contributed by atoms with E-state index in [1.807, 2.05) is 6.92 Å². The molecule has 1 N–H and O–H groups in total. The maximum atomic E-state index is 12.0. The third kappa shape index (κ3) is 3.08. The Morgan fingerprint density at radius 2 is 2.20 bits per heavy atom. The highest BCUT2D eigenvalue weighted by atomic mass is 32.1. The van der Waals surface area contributed by atoms with Crippen LogP contribution in [0.2, 0.25) is 0 Å². The molecule has 0 atom stereocenters. The molecule has 0 spiro atoms. The van der Waals surface area contributed by atoms with E-state index in [1.165, 1.54) is 23.9 Å². The van der Waals surface area contributed by atoms with Gasteiger partial charge in [-0.25, -0.2) is 4.79 Å². The summed E-state index contributed by atoms with van der Waals surface area (Å²) >= 11 is 1.38. The van der Waals surface area contributed by atoms with Crippen LogP contribution in [-0.2, 0) is 11.2 Å². The number of amides is 1. The second-order valence-corrected chi connectivity index (χ2v) is 5.13. The third-order valence-corrected chi connectivity index (χ3v) is 3.83.